The summed E-state index contributed by atoms with van der Waals surface area (Å²) in [5.41, 5.74) is 0. The van der Waals surface area contributed by atoms with Gasteiger partial charge < -0.3 is 14.8 Å². The second-order valence-electron chi connectivity index (χ2n) is 3.14. The van der Waals surface area contributed by atoms with Crippen LogP contribution in [0.15, 0.2) is 0 Å². The first-order valence-corrected chi connectivity index (χ1v) is 4.84. The van der Waals surface area contributed by atoms with Crippen LogP contribution >= 0.6 is 0 Å². The minimum absolute atomic E-state index is 0.374. The van der Waals surface area contributed by atoms with E-state index in [0.717, 1.165) is 12.8 Å². The van der Waals surface area contributed by atoms with Gasteiger partial charge in [-0.2, -0.15) is 0 Å². The van der Waals surface area contributed by atoms with Crippen LogP contribution in [0.25, 0.3) is 0 Å². The molecule has 1 saturated heterocycles. The van der Waals surface area contributed by atoms with Crippen molar-refractivity contribution in [1.82, 2.24) is 5.32 Å². The first-order chi connectivity index (χ1) is 6.74. The van der Waals surface area contributed by atoms with Crippen LogP contribution in [0.1, 0.15) is 26.2 Å². The Kier molecular flexibility index (Phi) is 4.22. The summed E-state index contributed by atoms with van der Waals surface area (Å²) >= 11 is 0. The minimum Gasteiger partial charge on any atom is -0.464 e. The van der Waals surface area contributed by atoms with E-state index in [0.29, 0.717) is 19.6 Å². The lowest BCUT2D eigenvalue weighted by molar-refractivity contribution is -0.139. The maximum atomic E-state index is 11.1. The fraction of sp³-hybridized carbons (Fsp3) is 0.778. The number of ether oxygens (including phenoxy) is 2. The number of unbranched alkanes of at least 4 members (excludes halogenated alkanes) is 1. The van der Waals surface area contributed by atoms with Crippen LogP contribution in [-0.2, 0) is 14.3 Å². The molecule has 1 rings (SSSR count). The summed E-state index contributed by atoms with van der Waals surface area (Å²) in [5, 5.41) is 2.45. The molecule has 0 aliphatic carbocycles. The summed E-state index contributed by atoms with van der Waals surface area (Å²) in [4.78, 5) is 22.0. The predicted molar refractivity (Wildman–Crippen MR) is 48.8 cm³/mol. The summed E-state index contributed by atoms with van der Waals surface area (Å²) in [6.45, 7) is 2.78. The van der Waals surface area contributed by atoms with Gasteiger partial charge in [-0.15, -0.1) is 0 Å². The Labute approximate surface area is 82.8 Å². The molecule has 1 aliphatic rings. The number of cyclic esters (lactones) is 1. The molecule has 0 spiro atoms. The molecule has 1 aliphatic heterocycles. The normalized spacial score (nSPS) is 20.4. The number of carbonyl (C=O) groups excluding carboxylic acids is 2. The zero-order chi connectivity index (χ0) is 10.4. The third kappa shape index (κ3) is 3.24. The second kappa shape index (κ2) is 5.47. The van der Waals surface area contributed by atoms with Gasteiger partial charge in [0.1, 0.15) is 6.04 Å². The van der Waals surface area contributed by atoms with Gasteiger partial charge in [0.2, 0.25) is 0 Å². The lowest BCUT2D eigenvalue weighted by atomic mass is 10.2. The van der Waals surface area contributed by atoms with Crippen LogP contribution in [0, 0.1) is 0 Å². The fourth-order valence-electron chi connectivity index (χ4n) is 1.12. The lowest BCUT2D eigenvalue weighted by Gasteiger charge is -2.08. The quantitative estimate of drug-likeness (QED) is 0.540. The van der Waals surface area contributed by atoms with Gasteiger partial charge in [-0.25, -0.2) is 9.59 Å². The first-order valence-electron chi connectivity index (χ1n) is 4.84. The van der Waals surface area contributed by atoms with Gasteiger partial charge in [-0.05, 0) is 6.42 Å². The Balaban J connectivity index is 2.16. The van der Waals surface area contributed by atoms with E-state index in [-0.39, 0.29) is 5.97 Å². The largest absolute Gasteiger partial charge is 0.464 e. The van der Waals surface area contributed by atoms with Crippen molar-refractivity contribution in [2.75, 3.05) is 13.2 Å². The molecule has 0 aromatic rings. The maximum absolute atomic E-state index is 11.1. The smallest absolute Gasteiger partial charge is 0.407 e. The number of nitrogens with one attached hydrogen (secondary N) is 1. The van der Waals surface area contributed by atoms with Crippen molar-refractivity contribution < 1.29 is 19.1 Å². The van der Waals surface area contributed by atoms with Crippen LogP contribution in [0.4, 0.5) is 4.79 Å². The Hall–Kier alpha value is -1.26. The molecule has 14 heavy (non-hydrogen) atoms. The Morgan fingerprint density at radius 2 is 2.50 bits per heavy atom. The molecule has 5 heteroatoms. The molecule has 1 atom stereocenters. The number of rotatable bonds is 4. The third-order valence-corrected chi connectivity index (χ3v) is 1.96. The molecule has 1 fully saturated rings. The summed E-state index contributed by atoms with van der Waals surface area (Å²) in [5.74, 6) is -0.377. The maximum Gasteiger partial charge on any atom is 0.407 e. The highest BCUT2D eigenvalue weighted by Gasteiger charge is 2.28. The molecule has 1 amide bonds. The van der Waals surface area contributed by atoms with Crippen molar-refractivity contribution in [3.05, 3.63) is 0 Å². The van der Waals surface area contributed by atoms with Gasteiger partial charge in [0, 0.05) is 6.42 Å². The molecule has 0 radical (unpaired) electrons. The minimum atomic E-state index is -0.540. The van der Waals surface area contributed by atoms with Crippen molar-refractivity contribution >= 4 is 12.1 Å². The molecule has 1 N–H and O–H groups in total. The highest BCUT2D eigenvalue weighted by Crippen LogP contribution is 2.05. The van der Waals surface area contributed by atoms with Crippen molar-refractivity contribution in [3.63, 3.8) is 0 Å². The topological polar surface area (TPSA) is 64.6 Å². The molecule has 0 bridgehead atoms. The summed E-state index contributed by atoms with van der Waals surface area (Å²) in [6, 6.07) is -0.524. The van der Waals surface area contributed by atoms with Gasteiger partial charge in [0.25, 0.3) is 0 Å². The van der Waals surface area contributed by atoms with E-state index in [2.05, 4.69) is 10.1 Å². The molecule has 5 nitrogen and oxygen atoms in total. The number of hydrogen-bond acceptors (Lipinski definition) is 4. The van der Waals surface area contributed by atoms with Crippen LogP contribution in [0.5, 0.6) is 0 Å². The van der Waals surface area contributed by atoms with Crippen molar-refractivity contribution in [2.24, 2.45) is 0 Å². The molecule has 0 saturated carbocycles. The van der Waals surface area contributed by atoms with Gasteiger partial charge >= 0.3 is 12.1 Å². The lowest BCUT2D eigenvalue weighted by Crippen LogP contribution is -2.38. The van der Waals surface area contributed by atoms with E-state index in [1.54, 1.807) is 0 Å². The van der Waals surface area contributed by atoms with Crippen molar-refractivity contribution in [2.45, 2.75) is 32.2 Å². The highest BCUT2D eigenvalue weighted by molar-refractivity contribution is 5.82. The van der Waals surface area contributed by atoms with E-state index in [4.69, 9.17) is 4.74 Å². The number of amides is 1. The van der Waals surface area contributed by atoms with Crippen LogP contribution < -0.4 is 5.32 Å². The monoisotopic (exact) mass is 201 g/mol. The van der Waals surface area contributed by atoms with Gasteiger partial charge in [0.15, 0.2) is 0 Å². The van der Waals surface area contributed by atoms with Crippen LogP contribution in [0.2, 0.25) is 0 Å². The highest BCUT2D eigenvalue weighted by atomic mass is 16.6. The average Bonchev–Trinajstić information content (AvgIpc) is 2.52. The summed E-state index contributed by atoms with van der Waals surface area (Å²) in [6.07, 6.45) is 1.80. The van der Waals surface area contributed by atoms with Gasteiger partial charge in [-0.1, -0.05) is 13.3 Å². The van der Waals surface area contributed by atoms with Crippen molar-refractivity contribution in [1.29, 1.82) is 0 Å². The number of carbonyl (C=O) groups is 2. The fourth-order valence-corrected chi connectivity index (χ4v) is 1.12. The number of esters is 1. The zero-order valence-electron chi connectivity index (χ0n) is 8.25. The number of alkyl carbamates (subject to hydrolysis) is 1. The Bertz CT molecular complexity index is 217. The molecule has 0 aromatic carbocycles. The second-order valence-corrected chi connectivity index (χ2v) is 3.14. The van der Waals surface area contributed by atoms with E-state index < -0.39 is 12.1 Å². The third-order valence-electron chi connectivity index (χ3n) is 1.96. The van der Waals surface area contributed by atoms with E-state index in [1.807, 2.05) is 6.92 Å². The van der Waals surface area contributed by atoms with Gasteiger partial charge in [0.05, 0.1) is 13.2 Å². The predicted octanol–water partition coefficient (Wildman–Crippen LogP) is 0.828. The Morgan fingerprint density at radius 1 is 1.71 bits per heavy atom. The molecule has 0 aromatic heterocycles. The summed E-state index contributed by atoms with van der Waals surface area (Å²) in [7, 11) is 0. The van der Waals surface area contributed by atoms with E-state index >= 15 is 0 Å². The molecule has 80 valence electrons. The Morgan fingerprint density at radius 3 is 3.07 bits per heavy atom. The average molecular weight is 201 g/mol. The zero-order valence-corrected chi connectivity index (χ0v) is 8.25. The molecule has 1 heterocycles. The molecular weight excluding hydrogens is 186 g/mol. The van der Waals surface area contributed by atoms with Crippen LogP contribution in [-0.4, -0.2) is 31.3 Å². The molecular formula is C9H15NO4. The molecule has 0 unspecified atom stereocenters. The number of hydrogen-bond donors (Lipinski definition) is 1. The first kappa shape index (κ1) is 10.8. The van der Waals surface area contributed by atoms with Crippen molar-refractivity contribution in [3.8, 4) is 0 Å². The SMILES string of the molecule is CCCCOC(=O)N[C@H]1CCOC1=O. The van der Waals surface area contributed by atoms with E-state index in [9.17, 15) is 9.59 Å². The standard InChI is InChI=1S/C9H15NO4/c1-2-3-5-14-9(12)10-7-4-6-13-8(7)11/h7H,2-6H2,1H3,(H,10,12)/t7-/m0/s1. The van der Waals surface area contributed by atoms with E-state index in [1.165, 1.54) is 0 Å². The summed E-state index contributed by atoms with van der Waals surface area (Å²) < 4.78 is 9.52. The van der Waals surface area contributed by atoms with Gasteiger partial charge in [-0.3, -0.25) is 0 Å². The van der Waals surface area contributed by atoms with Crippen LogP contribution in [0.3, 0.4) is 0 Å².